The molecule has 2 unspecified atom stereocenters. The third kappa shape index (κ3) is 3.57. The lowest BCUT2D eigenvalue weighted by Crippen LogP contribution is -2.44. The maximum Gasteiger partial charge on any atom is 0.319 e. The molecule has 1 heterocycles. The smallest absolute Gasteiger partial charge is 0.319 e. The number of anilines is 1. The number of ether oxygens (including phenoxy) is 1. The van der Waals surface area contributed by atoms with Gasteiger partial charge in [-0.3, -0.25) is 4.79 Å². The number of amides is 2. The lowest BCUT2D eigenvalue weighted by atomic mass is 10.0. The quantitative estimate of drug-likeness (QED) is 0.681. The second kappa shape index (κ2) is 6.35. The Balaban J connectivity index is 1.97. The molecule has 1 aromatic carbocycles. The minimum atomic E-state index is -1.01. The van der Waals surface area contributed by atoms with Gasteiger partial charge in [0.25, 0.3) is 0 Å². The molecule has 0 saturated carbocycles. The maximum atomic E-state index is 12.9. The zero-order valence-corrected chi connectivity index (χ0v) is 12.4. The van der Waals surface area contributed by atoms with Gasteiger partial charge >= 0.3 is 12.0 Å². The van der Waals surface area contributed by atoms with Gasteiger partial charge in [0, 0.05) is 3.57 Å². The SMILES string of the molecule is O=C(Nc1ccc(F)cc1I)NC1COCC1C(=O)O. The number of rotatable bonds is 3. The summed E-state index contributed by atoms with van der Waals surface area (Å²) in [5, 5.41) is 14.1. The van der Waals surface area contributed by atoms with Crippen molar-refractivity contribution in [2.45, 2.75) is 6.04 Å². The number of halogens is 2. The number of carboxylic acid groups (broad SMARTS) is 1. The number of aliphatic carboxylic acids is 1. The van der Waals surface area contributed by atoms with Gasteiger partial charge in [-0.15, -0.1) is 0 Å². The Labute approximate surface area is 127 Å². The Bertz CT molecular complexity index is 540. The van der Waals surface area contributed by atoms with Gasteiger partial charge in [0.15, 0.2) is 0 Å². The Morgan fingerprint density at radius 3 is 2.80 bits per heavy atom. The second-order valence-electron chi connectivity index (χ2n) is 4.31. The number of carbonyl (C=O) groups excluding carboxylic acids is 1. The molecule has 0 spiro atoms. The van der Waals surface area contributed by atoms with Gasteiger partial charge in [-0.05, 0) is 40.8 Å². The molecule has 1 fully saturated rings. The van der Waals surface area contributed by atoms with Crippen molar-refractivity contribution in [2.24, 2.45) is 5.92 Å². The third-order valence-corrected chi connectivity index (χ3v) is 3.79. The summed E-state index contributed by atoms with van der Waals surface area (Å²) in [6, 6.07) is 2.84. The fourth-order valence-corrected chi connectivity index (χ4v) is 2.47. The van der Waals surface area contributed by atoms with E-state index in [2.05, 4.69) is 10.6 Å². The lowest BCUT2D eigenvalue weighted by molar-refractivity contribution is -0.142. The van der Waals surface area contributed by atoms with E-state index in [1.807, 2.05) is 22.6 Å². The van der Waals surface area contributed by atoms with Crippen molar-refractivity contribution in [3.8, 4) is 0 Å². The van der Waals surface area contributed by atoms with Crippen LogP contribution in [0.4, 0.5) is 14.9 Å². The standard InChI is InChI=1S/C12H12FIN2O4/c13-6-1-2-9(8(14)3-6)15-12(19)16-10-5-20-4-7(10)11(17)18/h1-3,7,10H,4-5H2,(H,17,18)(H2,15,16,19). The predicted molar refractivity (Wildman–Crippen MR) is 77.0 cm³/mol. The fraction of sp³-hybridized carbons (Fsp3) is 0.333. The minimum Gasteiger partial charge on any atom is -0.481 e. The van der Waals surface area contributed by atoms with E-state index in [0.717, 1.165) is 0 Å². The molecule has 2 rings (SSSR count). The van der Waals surface area contributed by atoms with E-state index in [0.29, 0.717) is 9.26 Å². The molecule has 1 aliphatic rings. The highest BCUT2D eigenvalue weighted by Gasteiger charge is 2.35. The summed E-state index contributed by atoms with van der Waals surface area (Å²) in [6.07, 6.45) is 0. The molecule has 0 aliphatic carbocycles. The first kappa shape index (κ1) is 15.0. The summed E-state index contributed by atoms with van der Waals surface area (Å²) < 4.78 is 18.5. The van der Waals surface area contributed by atoms with Crippen LogP contribution in [0.1, 0.15) is 0 Å². The highest BCUT2D eigenvalue weighted by atomic mass is 127. The summed E-state index contributed by atoms with van der Waals surface area (Å²) in [7, 11) is 0. The van der Waals surface area contributed by atoms with Crippen molar-refractivity contribution >= 4 is 40.3 Å². The van der Waals surface area contributed by atoms with Gasteiger partial charge < -0.3 is 20.5 Å². The van der Waals surface area contributed by atoms with Crippen LogP contribution in [0.15, 0.2) is 18.2 Å². The van der Waals surface area contributed by atoms with E-state index < -0.39 is 29.8 Å². The normalized spacial score (nSPS) is 21.5. The van der Waals surface area contributed by atoms with Gasteiger partial charge in [-0.2, -0.15) is 0 Å². The van der Waals surface area contributed by atoms with Crippen molar-refractivity contribution in [1.29, 1.82) is 0 Å². The zero-order valence-electron chi connectivity index (χ0n) is 10.2. The average Bonchev–Trinajstić information content (AvgIpc) is 2.81. The molecule has 0 bridgehead atoms. The molecule has 1 aliphatic heterocycles. The van der Waals surface area contributed by atoms with Crippen molar-refractivity contribution in [3.05, 3.63) is 27.6 Å². The van der Waals surface area contributed by atoms with Gasteiger partial charge in [-0.25, -0.2) is 9.18 Å². The molecule has 0 radical (unpaired) electrons. The molecule has 0 aromatic heterocycles. The van der Waals surface area contributed by atoms with Crippen molar-refractivity contribution in [3.63, 3.8) is 0 Å². The van der Waals surface area contributed by atoms with Gasteiger partial charge in [0.2, 0.25) is 0 Å². The van der Waals surface area contributed by atoms with E-state index in [9.17, 15) is 14.0 Å². The third-order valence-electron chi connectivity index (χ3n) is 2.89. The number of urea groups is 1. The van der Waals surface area contributed by atoms with E-state index in [4.69, 9.17) is 9.84 Å². The summed E-state index contributed by atoms with van der Waals surface area (Å²) in [6.45, 7) is 0.235. The first-order chi connectivity index (χ1) is 9.47. The van der Waals surface area contributed by atoms with E-state index in [1.54, 1.807) is 0 Å². The molecule has 2 amide bonds. The minimum absolute atomic E-state index is 0.0777. The number of carboxylic acids is 1. The molecule has 3 N–H and O–H groups in total. The number of carbonyl (C=O) groups is 2. The Kier molecular flexibility index (Phi) is 4.76. The van der Waals surface area contributed by atoms with Crippen LogP contribution >= 0.6 is 22.6 Å². The molecule has 20 heavy (non-hydrogen) atoms. The number of hydrogen-bond donors (Lipinski definition) is 3. The van der Waals surface area contributed by atoms with Crippen molar-refractivity contribution in [1.82, 2.24) is 5.32 Å². The highest BCUT2D eigenvalue weighted by Crippen LogP contribution is 2.19. The number of benzene rings is 1. The van der Waals surface area contributed by atoms with Crippen LogP contribution in [0.3, 0.4) is 0 Å². The molecule has 1 aromatic rings. The first-order valence-corrected chi connectivity index (χ1v) is 6.88. The molecule has 6 nitrogen and oxygen atoms in total. The summed E-state index contributed by atoms with van der Waals surface area (Å²) in [4.78, 5) is 22.8. The Hall–Kier alpha value is -1.42. The molecule has 8 heteroatoms. The predicted octanol–water partition coefficient (Wildman–Crippen LogP) is 1.65. The first-order valence-electron chi connectivity index (χ1n) is 5.80. The van der Waals surface area contributed by atoms with Gasteiger partial charge in [0.05, 0.1) is 24.9 Å². The van der Waals surface area contributed by atoms with Crippen LogP contribution in [0.25, 0.3) is 0 Å². The largest absolute Gasteiger partial charge is 0.481 e. The summed E-state index contributed by atoms with van der Waals surface area (Å²) in [5.74, 6) is -2.16. The van der Waals surface area contributed by atoms with Crippen LogP contribution in [0, 0.1) is 15.3 Å². The Morgan fingerprint density at radius 2 is 2.15 bits per heavy atom. The van der Waals surface area contributed by atoms with Crippen LogP contribution < -0.4 is 10.6 Å². The van der Waals surface area contributed by atoms with Crippen LogP contribution in [0.2, 0.25) is 0 Å². The van der Waals surface area contributed by atoms with Crippen LogP contribution in [-0.2, 0) is 9.53 Å². The van der Waals surface area contributed by atoms with Gasteiger partial charge in [-0.1, -0.05) is 0 Å². The van der Waals surface area contributed by atoms with E-state index in [1.165, 1.54) is 18.2 Å². The molecule has 2 atom stereocenters. The molecule has 1 saturated heterocycles. The summed E-state index contributed by atoms with van der Waals surface area (Å²) in [5.41, 5.74) is 0.454. The Morgan fingerprint density at radius 1 is 1.40 bits per heavy atom. The maximum absolute atomic E-state index is 12.9. The van der Waals surface area contributed by atoms with Crippen molar-refractivity contribution < 1.29 is 23.8 Å². The number of hydrogen-bond acceptors (Lipinski definition) is 3. The summed E-state index contributed by atoms with van der Waals surface area (Å²) >= 11 is 1.90. The fourth-order valence-electron chi connectivity index (χ4n) is 1.86. The van der Waals surface area contributed by atoms with Gasteiger partial charge in [0.1, 0.15) is 11.7 Å². The van der Waals surface area contributed by atoms with E-state index in [-0.39, 0.29) is 13.2 Å². The lowest BCUT2D eigenvalue weighted by Gasteiger charge is -2.16. The zero-order chi connectivity index (χ0) is 14.7. The monoisotopic (exact) mass is 394 g/mol. The average molecular weight is 394 g/mol. The van der Waals surface area contributed by atoms with Crippen LogP contribution in [0.5, 0.6) is 0 Å². The molecular formula is C12H12FIN2O4. The van der Waals surface area contributed by atoms with Crippen molar-refractivity contribution in [2.75, 3.05) is 18.5 Å². The molecule has 108 valence electrons. The van der Waals surface area contributed by atoms with E-state index >= 15 is 0 Å². The second-order valence-corrected chi connectivity index (χ2v) is 5.47. The van der Waals surface area contributed by atoms with Crippen LogP contribution in [-0.4, -0.2) is 36.4 Å². The number of nitrogens with one attached hydrogen (secondary N) is 2. The molecular weight excluding hydrogens is 382 g/mol. The highest BCUT2D eigenvalue weighted by molar-refractivity contribution is 14.1. The topological polar surface area (TPSA) is 87.7 Å².